The molecule has 0 bridgehead atoms. The van der Waals surface area contributed by atoms with Crippen LogP contribution in [-0.4, -0.2) is 35.4 Å². The SMILES string of the molecule is CC(C)N(C)C(=O)CN[C@H](C)c1ccncc1. The fourth-order valence-electron chi connectivity index (χ4n) is 1.42. The highest BCUT2D eigenvalue weighted by Crippen LogP contribution is 2.09. The van der Waals surface area contributed by atoms with E-state index in [2.05, 4.69) is 10.3 Å². The third kappa shape index (κ3) is 4.15. The number of pyridine rings is 1. The van der Waals surface area contributed by atoms with Gasteiger partial charge in [0.25, 0.3) is 0 Å². The van der Waals surface area contributed by atoms with Crippen molar-refractivity contribution >= 4 is 5.91 Å². The molecular formula is C13H21N3O. The summed E-state index contributed by atoms with van der Waals surface area (Å²) in [6, 6.07) is 4.30. The fraction of sp³-hybridized carbons (Fsp3) is 0.538. The largest absolute Gasteiger partial charge is 0.342 e. The molecule has 1 rings (SSSR count). The summed E-state index contributed by atoms with van der Waals surface area (Å²) in [5, 5.41) is 3.22. The van der Waals surface area contributed by atoms with Gasteiger partial charge in [0.15, 0.2) is 0 Å². The predicted octanol–water partition coefficient (Wildman–Crippen LogP) is 1.60. The van der Waals surface area contributed by atoms with E-state index < -0.39 is 0 Å². The minimum atomic E-state index is 0.112. The Bertz CT molecular complexity index is 351. The number of carbonyl (C=O) groups excluding carboxylic acids is 1. The van der Waals surface area contributed by atoms with E-state index in [1.54, 1.807) is 17.3 Å². The molecule has 94 valence electrons. The van der Waals surface area contributed by atoms with Crippen molar-refractivity contribution in [3.05, 3.63) is 30.1 Å². The molecule has 1 aromatic rings. The van der Waals surface area contributed by atoms with Crippen LogP contribution in [-0.2, 0) is 4.79 Å². The summed E-state index contributed by atoms with van der Waals surface area (Å²) in [5.41, 5.74) is 1.14. The van der Waals surface area contributed by atoms with Crippen molar-refractivity contribution in [1.29, 1.82) is 0 Å². The first-order valence-electron chi connectivity index (χ1n) is 5.91. The quantitative estimate of drug-likeness (QED) is 0.843. The van der Waals surface area contributed by atoms with E-state index in [4.69, 9.17) is 0 Å². The molecular weight excluding hydrogens is 214 g/mol. The number of carbonyl (C=O) groups is 1. The van der Waals surface area contributed by atoms with Crippen LogP contribution in [0.1, 0.15) is 32.4 Å². The Morgan fingerprint density at radius 3 is 2.47 bits per heavy atom. The summed E-state index contributed by atoms with van der Waals surface area (Å²) in [7, 11) is 1.83. The van der Waals surface area contributed by atoms with Crippen molar-refractivity contribution < 1.29 is 4.79 Å². The van der Waals surface area contributed by atoms with Gasteiger partial charge in [0, 0.05) is 31.5 Å². The highest BCUT2D eigenvalue weighted by atomic mass is 16.2. The smallest absolute Gasteiger partial charge is 0.236 e. The number of aromatic nitrogens is 1. The van der Waals surface area contributed by atoms with Gasteiger partial charge in [0.05, 0.1) is 6.54 Å². The first-order chi connectivity index (χ1) is 8.02. The van der Waals surface area contributed by atoms with Crippen molar-refractivity contribution in [2.75, 3.05) is 13.6 Å². The topological polar surface area (TPSA) is 45.2 Å². The van der Waals surface area contributed by atoms with Crippen LogP contribution in [0, 0.1) is 0 Å². The molecule has 0 saturated heterocycles. The average molecular weight is 235 g/mol. The molecule has 0 aliphatic rings. The van der Waals surface area contributed by atoms with Crippen LogP contribution >= 0.6 is 0 Å². The van der Waals surface area contributed by atoms with E-state index >= 15 is 0 Å². The molecule has 0 unspecified atom stereocenters. The molecule has 1 amide bonds. The highest BCUT2D eigenvalue weighted by molar-refractivity contribution is 5.78. The summed E-state index contributed by atoms with van der Waals surface area (Å²) in [4.78, 5) is 17.5. The van der Waals surface area contributed by atoms with E-state index in [1.165, 1.54) is 0 Å². The van der Waals surface area contributed by atoms with Crippen LogP contribution in [0.3, 0.4) is 0 Å². The molecule has 0 aromatic carbocycles. The first-order valence-corrected chi connectivity index (χ1v) is 5.91. The summed E-state index contributed by atoms with van der Waals surface area (Å²) < 4.78 is 0. The number of hydrogen-bond donors (Lipinski definition) is 1. The molecule has 4 nitrogen and oxygen atoms in total. The minimum Gasteiger partial charge on any atom is -0.342 e. The Labute approximate surface area is 103 Å². The third-order valence-electron chi connectivity index (χ3n) is 2.93. The summed E-state index contributed by atoms with van der Waals surface area (Å²) in [6.45, 7) is 6.41. The number of hydrogen-bond acceptors (Lipinski definition) is 3. The summed E-state index contributed by atoms with van der Waals surface area (Å²) in [6.07, 6.45) is 3.52. The lowest BCUT2D eigenvalue weighted by Crippen LogP contribution is -2.40. The Morgan fingerprint density at radius 2 is 1.94 bits per heavy atom. The maximum atomic E-state index is 11.8. The van der Waals surface area contributed by atoms with Gasteiger partial charge in [-0.25, -0.2) is 0 Å². The van der Waals surface area contributed by atoms with Crippen molar-refractivity contribution in [2.24, 2.45) is 0 Å². The lowest BCUT2D eigenvalue weighted by molar-refractivity contribution is -0.130. The number of nitrogens with zero attached hydrogens (tertiary/aromatic N) is 2. The molecule has 1 atom stereocenters. The average Bonchev–Trinajstić information content (AvgIpc) is 2.35. The van der Waals surface area contributed by atoms with Gasteiger partial charge in [-0.15, -0.1) is 0 Å². The predicted molar refractivity (Wildman–Crippen MR) is 68.6 cm³/mol. The zero-order chi connectivity index (χ0) is 12.8. The molecule has 17 heavy (non-hydrogen) atoms. The molecule has 0 spiro atoms. The number of nitrogens with one attached hydrogen (secondary N) is 1. The number of amides is 1. The molecule has 0 radical (unpaired) electrons. The maximum absolute atomic E-state index is 11.8. The molecule has 1 heterocycles. The van der Waals surface area contributed by atoms with Crippen molar-refractivity contribution in [1.82, 2.24) is 15.2 Å². The van der Waals surface area contributed by atoms with Gasteiger partial charge >= 0.3 is 0 Å². The molecule has 1 aromatic heterocycles. The van der Waals surface area contributed by atoms with Gasteiger partial charge in [-0.1, -0.05) is 0 Å². The van der Waals surface area contributed by atoms with Gasteiger partial charge in [0.2, 0.25) is 5.91 Å². The van der Waals surface area contributed by atoms with E-state index in [9.17, 15) is 4.79 Å². The Hall–Kier alpha value is -1.42. The lowest BCUT2D eigenvalue weighted by atomic mass is 10.1. The number of likely N-dealkylation sites (N-methyl/N-ethyl adjacent to an activating group) is 1. The molecule has 0 fully saturated rings. The van der Waals surface area contributed by atoms with E-state index in [-0.39, 0.29) is 18.0 Å². The molecule has 0 aliphatic carbocycles. The van der Waals surface area contributed by atoms with Gasteiger partial charge in [-0.3, -0.25) is 9.78 Å². The van der Waals surface area contributed by atoms with Crippen LogP contribution in [0.5, 0.6) is 0 Å². The van der Waals surface area contributed by atoms with Gasteiger partial charge in [-0.2, -0.15) is 0 Å². The second-order valence-electron chi connectivity index (χ2n) is 4.48. The molecule has 0 aliphatic heterocycles. The maximum Gasteiger partial charge on any atom is 0.236 e. The number of rotatable bonds is 5. The fourth-order valence-corrected chi connectivity index (χ4v) is 1.42. The van der Waals surface area contributed by atoms with E-state index in [0.717, 1.165) is 5.56 Å². The molecule has 4 heteroatoms. The monoisotopic (exact) mass is 235 g/mol. The summed E-state index contributed by atoms with van der Waals surface area (Å²) >= 11 is 0. The van der Waals surface area contributed by atoms with Crippen LogP contribution in [0.25, 0.3) is 0 Å². The van der Waals surface area contributed by atoms with Gasteiger partial charge in [-0.05, 0) is 38.5 Å². The van der Waals surface area contributed by atoms with Crippen molar-refractivity contribution in [2.45, 2.75) is 32.9 Å². The van der Waals surface area contributed by atoms with Crippen LogP contribution in [0.4, 0.5) is 0 Å². The van der Waals surface area contributed by atoms with Crippen LogP contribution in [0.2, 0.25) is 0 Å². The normalized spacial score (nSPS) is 12.5. The third-order valence-corrected chi connectivity index (χ3v) is 2.93. The Kier molecular flexibility index (Phi) is 5.10. The Morgan fingerprint density at radius 1 is 1.35 bits per heavy atom. The van der Waals surface area contributed by atoms with Gasteiger partial charge in [0.1, 0.15) is 0 Å². The van der Waals surface area contributed by atoms with Gasteiger partial charge < -0.3 is 10.2 Å². The van der Waals surface area contributed by atoms with Crippen LogP contribution in [0.15, 0.2) is 24.5 Å². The van der Waals surface area contributed by atoms with Crippen LogP contribution < -0.4 is 5.32 Å². The first kappa shape index (κ1) is 13.6. The van der Waals surface area contributed by atoms with Crippen molar-refractivity contribution in [3.8, 4) is 0 Å². The van der Waals surface area contributed by atoms with Crippen molar-refractivity contribution in [3.63, 3.8) is 0 Å². The minimum absolute atomic E-state index is 0.112. The van der Waals surface area contributed by atoms with E-state index in [1.807, 2.05) is 40.0 Å². The zero-order valence-electron chi connectivity index (χ0n) is 11.0. The second-order valence-corrected chi connectivity index (χ2v) is 4.48. The standard InChI is InChI=1S/C13H21N3O/c1-10(2)16(4)13(17)9-15-11(3)12-5-7-14-8-6-12/h5-8,10-11,15H,9H2,1-4H3/t11-/m1/s1. The second kappa shape index (κ2) is 6.35. The molecule has 0 saturated carbocycles. The van der Waals surface area contributed by atoms with E-state index in [0.29, 0.717) is 6.54 Å². The Balaban J connectivity index is 2.44. The molecule has 1 N–H and O–H groups in total. The lowest BCUT2D eigenvalue weighted by Gasteiger charge is -2.23. The summed E-state index contributed by atoms with van der Waals surface area (Å²) in [5.74, 6) is 0.112. The zero-order valence-corrected chi connectivity index (χ0v) is 11.0. The highest BCUT2D eigenvalue weighted by Gasteiger charge is 2.13.